The monoisotopic (exact) mass is 1020 g/mol. The summed E-state index contributed by atoms with van der Waals surface area (Å²) >= 11 is 0. The van der Waals surface area contributed by atoms with Crippen LogP contribution in [0.2, 0.25) is 0 Å². The molecule has 9 nitrogen and oxygen atoms in total. The van der Waals surface area contributed by atoms with Gasteiger partial charge in [0.1, 0.15) is 22.0 Å². The molecule has 0 saturated carbocycles. The van der Waals surface area contributed by atoms with E-state index in [9.17, 15) is 109 Å². The van der Waals surface area contributed by atoms with E-state index in [1.807, 2.05) is 0 Å². The molecule has 56 heavy (non-hydrogen) atoms. The molecular formula is C24H9B3F18O9Ru2. The van der Waals surface area contributed by atoms with Crippen LogP contribution in [-0.4, -0.2) is 22.0 Å². The quantitative estimate of drug-likeness (QED) is 0.267. The Morgan fingerprint density at radius 1 is 0.286 bits per heavy atom. The fourth-order valence-corrected chi connectivity index (χ4v) is 3.32. The van der Waals surface area contributed by atoms with E-state index in [0.717, 1.165) is 0 Å². The van der Waals surface area contributed by atoms with Crippen molar-refractivity contribution < 1.29 is 162 Å². The molecule has 0 N–H and O–H groups in total. The first-order valence-corrected chi connectivity index (χ1v) is 12.8. The van der Waals surface area contributed by atoms with Gasteiger partial charge < -0.3 is 44.1 Å². The summed E-state index contributed by atoms with van der Waals surface area (Å²) in [6.07, 6.45) is -30.3. The van der Waals surface area contributed by atoms with E-state index in [-0.39, 0.29) is 93.6 Å². The Morgan fingerprint density at radius 2 is 0.411 bits per heavy atom. The number of benzene rings is 3. The van der Waals surface area contributed by atoms with Crippen molar-refractivity contribution in [3.63, 3.8) is 0 Å². The van der Waals surface area contributed by atoms with E-state index in [2.05, 4.69) is 14.0 Å². The topological polar surface area (TPSA) is 166 Å². The summed E-state index contributed by atoms with van der Waals surface area (Å²) in [5.74, 6) is -3.23. The molecule has 0 saturated heterocycles. The van der Waals surface area contributed by atoms with Gasteiger partial charge in [0, 0.05) is 0 Å². The summed E-state index contributed by atoms with van der Waals surface area (Å²) in [4.78, 5) is 0. The first-order valence-electron chi connectivity index (χ1n) is 12.8. The summed E-state index contributed by atoms with van der Waals surface area (Å²) in [6.45, 7) is 0. The predicted octanol–water partition coefficient (Wildman–Crippen LogP) is 2.42. The molecule has 0 heterocycles. The third-order valence-electron chi connectivity index (χ3n) is 5.38. The minimum Gasteiger partial charge on any atom is -0.860 e. The molecule has 0 aromatic heterocycles. The second-order valence-electron chi connectivity index (χ2n) is 9.44. The van der Waals surface area contributed by atoms with Gasteiger partial charge in [0.15, 0.2) is 0 Å². The molecular weight excluding hydrogens is 1010 g/mol. The second-order valence-corrected chi connectivity index (χ2v) is 9.44. The largest absolute Gasteiger partial charge is 3.00 e. The molecule has 0 amide bonds. The van der Waals surface area contributed by atoms with Crippen molar-refractivity contribution in [1.82, 2.24) is 0 Å². The fraction of sp³-hybridized carbons (Fsp3) is 0.250. The average molecular weight is 1020 g/mol. The Morgan fingerprint density at radius 3 is 0.500 bits per heavy atom. The van der Waals surface area contributed by atoms with Gasteiger partial charge in [0.05, 0.1) is 50.6 Å². The van der Waals surface area contributed by atoms with Crippen LogP contribution in [0.5, 0.6) is 17.2 Å². The van der Waals surface area contributed by atoms with Gasteiger partial charge in [-0.1, -0.05) is 0 Å². The van der Waals surface area contributed by atoms with Crippen LogP contribution in [0.3, 0.4) is 0 Å². The molecule has 3 rings (SSSR count). The third kappa shape index (κ3) is 19.4. The molecule has 0 bridgehead atoms. The molecule has 0 unspecified atom stereocenters. The first-order chi connectivity index (χ1) is 24.0. The van der Waals surface area contributed by atoms with Gasteiger partial charge in [0.2, 0.25) is 0 Å². The fourth-order valence-electron chi connectivity index (χ4n) is 3.32. The summed E-state index contributed by atoms with van der Waals surface area (Å²) in [5.41, 5.74) is -9.96. The van der Waals surface area contributed by atoms with Gasteiger partial charge in [-0.25, -0.2) is 0 Å². The molecule has 0 fully saturated rings. The van der Waals surface area contributed by atoms with Gasteiger partial charge in [0.25, 0.3) is 0 Å². The van der Waals surface area contributed by atoms with E-state index in [0.29, 0.717) is 0 Å². The number of hydrogen-bond acceptors (Lipinski definition) is 9. The summed E-state index contributed by atoms with van der Waals surface area (Å²) in [5, 5.41) is 60.5. The van der Waals surface area contributed by atoms with E-state index < -0.39 is 110 Å². The van der Waals surface area contributed by atoms with Crippen LogP contribution in [-0.2, 0) is 76.0 Å². The molecule has 0 aliphatic rings. The Kier molecular flexibility index (Phi) is 20.3. The maximum atomic E-state index is 12.3. The number of rotatable bonds is 6. The van der Waals surface area contributed by atoms with Crippen molar-refractivity contribution in [2.45, 2.75) is 37.1 Å². The summed E-state index contributed by atoms with van der Waals surface area (Å²) in [6, 6.07) is 0.481. The first kappa shape index (κ1) is 55.1. The Balaban J connectivity index is 0. The van der Waals surface area contributed by atoms with Crippen LogP contribution in [0.4, 0.5) is 79.0 Å². The van der Waals surface area contributed by atoms with E-state index in [4.69, 9.17) is 0 Å². The predicted molar refractivity (Wildman–Crippen MR) is 128 cm³/mol. The SMILES string of the molecule is [O-]B([O-])Oc1cc(C(F)(F)F)cc(C(F)(F)F)c1.[O-]B([O-])Oc1cc(C(F)(F)F)cc(C(F)(F)F)c1.[O-]B([O-])Oc1cc(C(F)(F)F)cc(C(F)(F)F)c1.[Ru+3].[Ru+3]. The molecule has 2 radical (unpaired) electrons. The van der Waals surface area contributed by atoms with Gasteiger partial charge in [-0.2, -0.15) is 79.0 Å². The van der Waals surface area contributed by atoms with Crippen LogP contribution < -0.4 is 44.1 Å². The van der Waals surface area contributed by atoms with Crippen LogP contribution in [0.25, 0.3) is 0 Å². The smallest absolute Gasteiger partial charge is 0.860 e. The second kappa shape index (κ2) is 20.6. The molecule has 0 spiro atoms. The normalized spacial score (nSPS) is 12.0. The minimum atomic E-state index is -5.05. The zero-order valence-corrected chi connectivity index (χ0v) is 29.1. The maximum Gasteiger partial charge on any atom is 3.00 e. The van der Waals surface area contributed by atoms with Gasteiger partial charge in [-0.05, 0) is 54.6 Å². The van der Waals surface area contributed by atoms with Gasteiger partial charge in [-0.3, -0.25) is 0 Å². The average Bonchev–Trinajstić information content (AvgIpc) is 2.93. The Bertz CT molecular complexity index is 1390. The Labute approximate surface area is 325 Å². The molecule has 0 aliphatic heterocycles. The number of halogens is 18. The van der Waals surface area contributed by atoms with Crippen LogP contribution in [0.1, 0.15) is 33.4 Å². The molecule has 0 aliphatic carbocycles. The van der Waals surface area contributed by atoms with E-state index in [1.165, 1.54) is 0 Å². The van der Waals surface area contributed by atoms with Gasteiger partial charge >= 0.3 is 76.0 Å². The van der Waals surface area contributed by atoms with Crippen LogP contribution >= 0.6 is 0 Å². The zero-order chi connectivity index (χ0) is 42.4. The molecule has 3 aromatic rings. The number of hydrogen-bond donors (Lipinski definition) is 0. The summed E-state index contributed by atoms with van der Waals surface area (Å²) in [7, 11) is -9.06. The van der Waals surface area contributed by atoms with Crippen molar-refractivity contribution in [2.24, 2.45) is 0 Å². The molecule has 3 aromatic carbocycles. The standard InChI is InChI=1S/3C8H3BF6O3.2Ru/c3*10-7(11,12)4-1-5(8(13,14)15)3-6(2-4)18-9(16)17;;/h3*1-3H;;/q3*-2;2*+3. The Hall–Kier alpha value is -3.00. The summed E-state index contributed by atoms with van der Waals surface area (Å²) < 4.78 is 233. The molecule has 310 valence electrons. The van der Waals surface area contributed by atoms with Crippen molar-refractivity contribution in [2.75, 3.05) is 0 Å². The molecule has 32 heteroatoms. The third-order valence-corrected chi connectivity index (χ3v) is 5.38. The van der Waals surface area contributed by atoms with E-state index >= 15 is 0 Å². The van der Waals surface area contributed by atoms with E-state index in [1.54, 1.807) is 0 Å². The maximum absolute atomic E-state index is 12.3. The molecule has 0 atom stereocenters. The number of alkyl halides is 18. The van der Waals surface area contributed by atoms with Crippen LogP contribution in [0.15, 0.2) is 54.6 Å². The van der Waals surface area contributed by atoms with Crippen molar-refractivity contribution in [3.8, 4) is 17.2 Å². The van der Waals surface area contributed by atoms with Crippen molar-refractivity contribution in [3.05, 3.63) is 88.0 Å². The van der Waals surface area contributed by atoms with Crippen LogP contribution in [0, 0.1) is 0 Å². The van der Waals surface area contributed by atoms with Crippen molar-refractivity contribution >= 4 is 22.0 Å². The van der Waals surface area contributed by atoms with Crippen molar-refractivity contribution in [1.29, 1.82) is 0 Å². The van der Waals surface area contributed by atoms with Gasteiger partial charge in [-0.15, -0.1) is 0 Å². The zero-order valence-electron chi connectivity index (χ0n) is 25.6. The minimum absolute atomic E-state index is 0.